The maximum absolute atomic E-state index is 12.3. The molecule has 0 spiro atoms. The maximum Gasteiger partial charge on any atom is 0.257 e. The number of nitrogens with one attached hydrogen (secondary N) is 1. The van der Waals surface area contributed by atoms with E-state index in [9.17, 15) is 4.79 Å². The largest absolute Gasteiger partial charge is 0.344 e. The van der Waals surface area contributed by atoms with Gasteiger partial charge in [-0.25, -0.2) is 0 Å². The van der Waals surface area contributed by atoms with Gasteiger partial charge >= 0.3 is 0 Å². The Morgan fingerprint density at radius 2 is 1.96 bits per heavy atom. The van der Waals surface area contributed by atoms with Crippen molar-refractivity contribution in [3.63, 3.8) is 0 Å². The van der Waals surface area contributed by atoms with Crippen LogP contribution in [0.3, 0.4) is 0 Å². The third-order valence-electron chi connectivity index (χ3n) is 3.30. The average molecular weight is 358 g/mol. The van der Waals surface area contributed by atoms with Crippen LogP contribution in [0.2, 0.25) is 5.02 Å². The Morgan fingerprint density at radius 1 is 1.21 bits per heavy atom. The lowest BCUT2D eigenvalue weighted by molar-refractivity contribution is 0.0973. The van der Waals surface area contributed by atoms with E-state index in [1.807, 2.05) is 30.3 Å². The highest BCUT2D eigenvalue weighted by molar-refractivity contribution is 7.80. The molecular formula is C18H16ClN3OS. The summed E-state index contributed by atoms with van der Waals surface area (Å²) in [6, 6.07) is 18.5. The van der Waals surface area contributed by atoms with Gasteiger partial charge in [-0.15, -0.1) is 0 Å². The molecule has 1 N–H and O–H groups in total. The van der Waals surface area contributed by atoms with E-state index in [1.54, 1.807) is 29.2 Å². The second-order valence-electron chi connectivity index (χ2n) is 5.08. The van der Waals surface area contributed by atoms with Gasteiger partial charge in [0.1, 0.15) is 0 Å². The number of hydrogen-bond donors (Lipinski definition) is 1. The van der Waals surface area contributed by atoms with Crippen molar-refractivity contribution in [1.82, 2.24) is 10.2 Å². The van der Waals surface area contributed by atoms with Crippen LogP contribution in [-0.2, 0) is 6.54 Å². The predicted octanol–water partition coefficient (Wildman–Crippen LogP) is 3.77. The molecule has 2 aromatic rings. The van der Waals surface area contributed by atoms with Crippen LogP contribution in [0.5, 0.6) is 0 Å². The third kappa shape index (κ3) is 5.34. The number of halogens is 1. The topological polar surface area (TPSA) is 56.1 Å². The fraction of sp³-hybridized carbons (Fsp3) is 0.167. The van der Waals surface area contributed by atoms with E-state index in [4.69, 9.17) is 29.1 Å². The summed E-state index contributed by atoms with van der Waals surface area (Å²) in [4.78, 5) is 14.1. The number of amides is 1. The van der Waals surface area contributed by atoms with Crippen LogP contribution in [0.4, 0.5) is 0 Å². The molecule has 122 valence electrons. The standard InChI is InChI=1S/C18H16ClN3OS/c19-16-9-4-8-15(12-16)17(23)21-18(24)22(11-5-10-20)13-14-6-2-1-3-7-14/h1-4,6-9,12H,5,11,13H2,(H,21,23,24). The van der Waals surface area contributed by atoms with E-state index >= 15 is 0 Å². The Kier molecular flexibility index (Phi) is 6.74. The van der Waals surface area contributed by atoms with Crippen LogP contribution < -0.4 is 5.32 Å². The number of carbonyl (C=O) groups is 1. The molecule has 0 aliphatic carbocycles. The minimum Gasteiger partial charge on any atom is -0.344 e. The molecule has 0 aromatic heterocycles. The smallest absolute Gasteiger partial charge is 0.257 e. The molecule has 0 aliphatic heterocycles. The van der Waals surface area contributed by atoms with Crippen molar-refractivity contribution in [2.24, 2.45) is 0 Å². The normalized spacial score (nSPS) is 9.83. The summed E-state index contributed by atoms with van der Waals surface area (Å²) in [5, 5.41) is 12.3. The zero-order valence-electron chi connectivity index (χ0n) is 12.9. The van der Waals surface area contributed by atoms with Crippen molar-refractivity contribution in [3.8, 4) is 6.07 Å². The summed E-state index contributed by atoms with van der Waals surface area (Å²) in [5.74, 6) is -0.322. The summed E-state index contributed by atoms with van der Waals surface area (Å²) >= 11 is 11.3. The van der Waals surface area contributed by atoms with E-state index in [0.29, 0.717) is 35.2 Å². The minimum absolute atomic E-state index is 0.291. The van der Waals surface area contributed by atoms with Gasteiger partial charge in [0, 0.05) is 23.7 Å². The number of nitrogens with zero attached hydrogens (tertiary/aromatic N) is 2. The van der Waals surface area contributed by atoms with Crippen molar-refractivity contribution < 1.29 is 4.79 Å². The zero-order valence-corrected chi connectivity index (χ0v) is 14.5. The van der Waals surface area contributed by atoms with Gasteiger partial charge in [-0.2, -0.15) is 5.26 Å². The van der Waals surface area contributed by atoms with Crippen LogP contribution in [0, 0.1) is 11.3 Å². The molecule has 2 aromatic carbocycles. The lowest BCUT2D eigenvalue weighted by Gasteiger charge is -2.24. The Hall–Kier alpha value is -2.42. The van der Waals surface area contributed by atoms with Crippen LogP contribution in [0.15, 0.2) is 54.6 Å². The Morgan fingerprint density at radius 3 is 2.62 bits per heavy atom. The number of hydrogen-bond acceptors (Lipinski definition) is 3. The van der Waals surface area contributed by atoms with E-state index < -0.39 is 0 Å². The minimum atomic E-state index is -0.322. The van der Waals surface area contributed by atoms with Crippen LogP contribution in [-0.4, -0.2) is 22.5 Å². The van der Waals surface area contributed by atoms with Crippen molar-refractivity contribution in [3.05, 3.63) is 70.7 Å². The molecule has 6 heteroatoms. The van der Waals surface area contributed by atoms with Gasteiger partial charge in [0.2, 0.25) is 0 Å². The fourth-order valence-electron chi connectivity index (χ4n) is 2.12. The molecule has 0 unspecified atom stereocenters. The molecule has 24 heavy (non-hydrogen) atoms. The van der Waals surface area contributed by atoms with Crippen molar-refractivity contribution in [2.45, 2.75) is 13.0 Å². The Labute approximate surface area is 151 Å². The molecular weight excluding hydrogens is 342 g/mol. The molecule has 2 rings (SSSR count). The van der Waals surface area contributed by atoms with E-state index in [0.717, 1.165) is 5.56 Å². The summed E-state index contributed by atoms with van der Waals surface area (Å²) in [6.07, 6.45) is 0.319. The van der Waals surface area contributed by atoms with Crippen molar-refractivity contribution in [2.75, 3.05) is 6.54 Å². The fourth-order valence-corrected chi connectivity index (χ4v) is 2.56. The molecule has 0 radical (unpaired) electrons. The number of carbonyl (C=O) groups excluding carboxylic acids is 1. The Balaban J connectivity index is 2.06. The molecule has 0 bridgehead atoms. The molecule has 0 aliphatic rings. The summed E-state index contributed by atoms with van der Waals surface area (Å²) in [5.41, 5.74) is 1.49. The monoisotopic (exact) mass is 357 g/mol. The lowest BCUT2D eigenvalue weighted by atomic mass is 10.2. The first kappa shape index (κ1) is 17.9. The molecule has 0 fully saturated rings. The second kappa shape index (κ2) is 9.02. The quantitative estimate of drug-likeness (QED) is 0.827. The first-order valence-corrected chi connectivity index (χ1v) is 8.15. The molecule has 0 saturated carbocycles. The highest BCUT2D eigenvalue weighted by atomic mass is 35.5. The summed E-state index contributed by atoms with van der Waals surface area (Å²) in [6.45, 7) is 0.969. The summed E-state index contributed by atoms with van der Waals surface area (Å²) in [7, 11) is 0. The number of nitriles is 1. The molecule has 0 heterocycles. The van der Waals surface area contributed by atoms with Crippen LogP contribution in [0.1, 0.15) is 22.3 Å². The van der Waals surface area contributed by atoms with E-state index in [-0.39, 0.29) is 5.91 Å². The molecule has 0 atom stereocenters. The molecule has 4 nitrogen and oxygen atoms in total. The van der Waals surface area contributed by atoms with Gasteiger partial charge in [-0.3, -0.25) is 10.1 Å². The molecule has 0 saturated heterocycles. The maximum atomic E-state index is 12.3. The predicted molar refractivity (Wildman–Crippen MR) is 98.6 cm³/mol. The van der Waals surface area contributed by atoms with Crippen LogP contribution >= 0.6 is 23.8 Å². The van der Waals surface area contributed by atoms with Crippen molar-refractivity contribution in [1.29, 1.82) is 5.26 Å². The highest BCUT2D eigenvalue weighted by Crippen LogP contribution is 2.11. The highest BCUT2D eigenvalue weighted by Gasteiger charge is 2.14. The SMILES string of the molecule is N#CCCN(Cc1ccccc1)C(=S)NC(=O)c1cccc(Cl)c1. The van der Waals surface area contributed by atoms with Crippen molar-refractivity contribution >= 4 is 34.8 Å². The lowest BCUT2D eigenvalue weighted by Crippen LogP contribution is -2.42. The molecule has 1 amide bonds. The van der Waals surface area contributed by atoms with Crippen LogP contribution in [0.25, 0.3) is 0 Å². The van der Waals surface area contributed by atoms with Gasteiger partial charge < -0.3 is 4.90 Å². The van der Waals surface area contributed by atoms with Gasteiger partial charge in [0.25, 0.3) is 5.91 Å². The van der Waals surface area contributed by atoms with Gasteiger partial charge in [0.05, 0.1) is 12.5 Å². The summed E-state index contributed by atoms with van der Waals surface area (Å²) < 4.78 is 0. The average Bonchev–Trinajstić information content (AvgIpc) is 2.59. The van der Waals surface area contributed by atoms with E-state index in [1.165, 1.54) is 0 Å². The Bertz CT molecular complexity index is 758. The first-order valence-electron chi connectivity index (χ1n) is 7.37. The number of rotatable bonds is 5. The van der Waals surface area contributed by atoms with E-state index in [2.05, 4.69) is 11.4 Å². The van der Waals surface area contributed by atoms with Gasteiger partial charge in [-0.1, -0.05) is 48.0 Å². The first-order chi connectivity index (χ1) is 11.6. The second-order valence-corrected chi connectivity index (χ2v) is 5.91. The number of thiocarbonyl (C=S) groups is 1. The zero-order chi connectivity index (χ0) is 17.4. The number of benzene rings is 2. The van der Waals surface area contributed by atoms with Gasteiger partial charge in [-0.05, 0) is 36.0 Å². The third-order valence-corrected chi connectivity index (χ3v) is 3.90. The van der Waals surface area contributed by atoms with Gasteiger partial charge in [0.15, 0.2) is 5.11 Å².